The monoisotopic (exact) mass is 625 g/mol. The highest BCUT2D eigenvalue weighted by atomic mass is 32.2. The van der Waals surface area contributed by atoms with E-state index in [0.29, 0.717) is 12.1 Å². The zero-order chi connectivity index (χ0) is 32.6. The molecule has 4 rings (SSSR count). The number of sulfonamides is 1. The molecule has 0 saturated heterocycles. The number of aryl methyl sites for hydroxylation is 2. The molecule has 236 valence electrons. The highest BCUT2D eigenvalue weighted by Crippen LogP contribution is 2.28. The quantitative estimate of drug-likeness (QED) is 0.200. The van der Waals surface area contributed by atoms with Crippen molar-refractivity contribution in [1.82, 2.24) is 10.2 Å². The summed E-state index contributed by atoms with van der Waals surface area (Å²) in [6, 6.07) is 31.7. The van der Waals surface area contributed by atoms with Gasteiger partial charge >= 0.3 is 0 Å². The predicted molar refractivity (Wildman–Crippen MR) is 180 cm³/mol. The van der Waals surface area contributed by atoms with Gasteiger partial charge in [-0.3, -0.25) is 13.9 Å². The second-order valence-electron chi connectivity index (χ2n) is 12.2. The van der Waals surface area contributed by atoms with Crippen LogP contribution in [0.5, 0.6) is 0 Å². The molecule has 4 aromatic carbocycles. The molecule has 0 bridgehead atoms. The van der Waals surface area contributed by atoms with Crippen LogP contribution in [0.25, 0.3) is 0 Å². The number of carbonyl (C=O) groups excluding carboxylic acids is 2. The first kappa shape index (κ1) is 33.5. The van der Waals surface area contributed by atoms with Crippen LogP contribution in [0.1, 0.15) is 49.9 Å². The summed E-state index contributed by atoms with van der Waals surface area (Å²) < 4.78 is 29.6. The molecule has 1 atom stereocenters. The van der Waals surface area contributed by atoms with E-state index in [2.05, 4.69) is 5.32 Å². The number of nitrogens with zero attached hydrogens (tertiary/aromatic N) is 2. The first-order chi connectivity index (χ1) is 21.4. The fourth-order valence-corrected chi connectivity index (χ4v) is 6.74. The highest BCUT2D eigenvalue weighted by molar-refractivity contribution is 7.92. The molecule has 0 saturated carbocycles. The second kappa shape index (κ2) is 14.6. The van der Waals surface area contributed by atoms with Crippen molar-refractivity contribution in [2.75, 3.05) is 10.8 Å². The van der Waals surface area contributed by atoms with Gasteiger partial charge in [0.15, 0.2) is 0 Å². The van der Waals surface area contributed by atoms with Crippen LogP contribution >= 0.6 is 0 Å². The van der Waals surface area contributed by atoms with Crippen LogP contribution in [0.2, 0.25) is 0 Å². The Hall–Kier alpha value is -4.43. The van der Waals surface area contributed by atoms with Crippen molar-refractivity contribution >= 4 is 27.5 Å². The van der Waals surface area contributed by atoms with E-state index in [4.69, 9.17) is 0 Å². The molecule has 0 heterocycles. The maximum absolute atomic E-state index is 14.7. The van der Waals surface area contributed by atoms with Crippen LogP contribution in [0.15, 0.2) is 114 Å². The van der Waals surface area contributed by atoms with Gasteiger partial charge in [0.1, 0.15) is 12.6 Å². The summed E-state index contributed by atoms with van der Waals surface area (Å²) in [6.45, 7) is 9.26. The van der Waals surface area contributed by atoms with Crippen LogP contribution in [-0.4, -0.2) is 43.3 Å². The van der Waals surface area contributed by atoms with E-state index < -0.39 is 34.1 Å². The average molecular weight is 626 g/mol. The summed E-state index contributed by atoms with van der Waals surface area (Å²) in [7, 11) is -4.14. The molecule has 0 spiro atoms. The number of carbonyl (C=O) groups is 2. The summed E-state index contributed by atoms with van der Waals surface area (Å²) in [5.41, 5.74) is 3.41. The van der Waals surface area contributed by atoms with E-state index in [-0.39, 0.29) is 23.8 Å². The Morgan fingerprint density at radius 3 is 1.93 bits per heavy atom. The number of para-hydroxylation sites is 1. The lowest BCUT2D eigenvalue weighted by Crippen LogP contribution is -2.56. The fourth-order valence-electron chi connectivity index (χ4n) is 5.26. The molecule has 7 nitrogen and oxygen atoms in total. The number of rotatable bonds is 12. The first-order valence-corrected chi connectivity index (χ1v) is 16.7. The zero-order valence-corrected chi connectivity index (χ0v) is 27.6. The molecule has 0 radical (unpaired) electrons. The Balaban J connectivity index is 1.85. The van der Waals surface area contributed by atoms with Gasteiger partial charge in [-0.1, -0.05) is 97.9 Å². The van der Waals surface area contributed by atoms with Crippen molar-refractivity contribution in [3.05, 3.63) is 131 Å². The van der Waals surface area contributed by atoms with Gasteiger partial charge in [-0.2, -0.15) is 0 Å². The molecule has 0 aliphatic heterocycles. The summed E-state index contributed by atoms with van der Waals surface area (Å²) in [6.07, 6.45) is 0.833. The summed E-state index contributed by atoms with van der Waals surface area (Å²) in [5, 5.41) is 3.07. The smallest absolute Gasteiger partial charge is 0.264 e. The topological polar surface area (TPSA) is 86.8 Å². The van der Waals surface area contributed by atoms with Crippen molar-refractivity contribution in [2.45, 2.75) is 70.5 Å². The van der Waals surface area contributed by atoms with Crippen LogP contribution < -0.4 is 9.62 Å². The Kier molecular flexibility index (Phi) is 10.8. The van der Waals surface area contributed by atoms with Gasteiger partial charge in [0.05, 0.1) is 10.6 Å². The maximum Gasteiger partial charge on any atom is 0.264 e. The molecule has 4 aromatic rings. The van der Waals surface area contributed by atoms with E-state index in [9.17, 15) is 18.0 Å². The van der Waals surface area contributed by atoms with Crippen molar-refractivity contribution in [3.8, 4) is 0 Å². The second-order valence-corrected chi connectivity index (χ2v) is 14.1. The maximum atomic E-state index is 14.7. The lowest BCUT2D eigenvalue weighted by molar-refractivity contribution is -0.140. The molecule has 45 heavy (non-hydrogen) atoms. The van der Waals surface area contributed by atoms with Crippen molar-refractivity contribution in [2.24, 2.45) is 0 Å². The molecule has 0 fully saturated rings. The molecule has 2 amide bonds. The minimum Gasteiger partial charge on any atom is -0.350 e. The van der Waals surface area contributed by atoms with Crippen molar-refractivity contribution < 1.29 is 18.0 Å². The van der Waals surface area contributed by atoms with Gasteiger partial charge in [0, 0.05) is 18.5 Å². The standard InChI is InChI=1S/C37H43N3O4S/c1-6-30-20-15-16-24-33(30)40(45(43,44)32-22-11-8-12-23-32)27-35(41)39(26-31-21-14-13-17-28(31)2)34(36(42)38-37(3,4)5)25-29-18-9-7-10-19-29/h7-24,34H,6,25-27H2,1-5H3,(H,38,42). The summed E-state index contributed by atoms with van der Waals surface area (Å²) >= 11 is 0. The molecular weight excluding hydrogens is 582 g/mol. The van der Waals surface area contributed by atoms with Crippen molar-refractivity contribution in [3.63, 3.8) is 0 Å². The van der Waals surface area contributed by atoms with Gasteiger partial charge in [-0.05, 0) is 74.6 Å². The molecule has 0 aliphatic rings. The molecule has 1 N–H and O–H groups in total. The van der Waals surface area contributed by atoms with E-state index in [1.807, 2.05) is 101 Å². The van der Waals surface area contributed by atoms with E-state index >= 15 is 0 Å². The van der Waals surface area contributed by atoms with E-state index in [1.165, 1.54) is 16.4 Å². The lowest BCUT2D eigenvalue weighted by atomic mass is 10.00. The third-order valence-electron chi connectivity index (χ3n) is 7.62. The minimum atomic E-state index is -4.14. The molecular formula is C37H43N3O4S. The van der Waals surface area contributed by atoms with Gasteiger partial charge in [-0.25, -0.2) is 8.42 Å². The summed E-state index contributed by atoms with van der Waals surface area (Å²) in [5.74, 6) is -0.784. The van der Waals surface area contributed by atoms with Gasteiger partial charge in [0.2, 0.25) is 11.8 Å². The Labute approximate surface area is 268 Å². The van der Waals surface area contributed by atoms with Crippen LogP contribution in [0.3, 0.4) is 0 Å². The first-order valence-electron chi connectivity index (χ1n) is 15.3. The van der Waals surface area contributed by atoms with Gasteiger partial charge in [-0.15, -0.1) is 0 Å². The predicted octanol–water partition coefficient (Wildman–Crippen LogP) is 6.31. The number of nitrogens with one attached hydrogen (secondary N) is 1. The number of anilines is 1. The van der Waals surface area contributed by atoms with Crippen LogP contribution in [-0.2, 0) is 39.0 Å². The third-order valence-corrected chi connectivity index (χ3v) is 9.40. The Bertz CT molecular complexity index is 1700. The molecule has 0 aromatic heterocycles. The SMILES string of the molecule is CCc1ccccc1N(CC(=O)N(Cc1ccccc1C)C(Cc1ccccc1)C(=O)NC(C)(C)C)S(=O)(=O)c1ccccc1. The van der Waals surface area contributed by atoms with E-state index in [1.54, 1.807) is 35.2 Å². The third kappa shape index (κ3) is 8.60. The largest absolute Gasteiger partial charge is 0.350 e. The fraction of sp³-hybridized carbons (Fsp3) is 0.297. The van der Waals surface area contributed by atoms with Crippen LogP contribution in [0.4, 0.5) is 5.69 Å². The molecule has 1 unspecified atom stereocenters. The molecule has 0 aliphatic carbocycles. The molecule has 8 heteroatoms. The average Bonchev–Trinajstić information content (AvgIpc) is 3.02. The Morgan fingerprint density at radius 2 is 1.33 bits per heavy atom. The van der Waals surface area contributed by atoms with Gasteiger partial charge in [0.25, 0.3) is 10.0 Å². The number of hydrogen-bond donors (Lipinski definition) is 1. The number of amides is 2. The number of benzene rings is 4. The van der Waals surface area contributed by atoms with E-state index in [0.717, 1.165) is 22.3 Å². The normalized spacial score (nSPS) is 12.3. The summed E-state index contributed by atoms with van der Waals surface area (Å²) in [4.78, 5) is 30.3. The number of hydrogen-bond acceptors (Lipinski definition) is 4. The van der Waals surface area contributed by atoms with Gasteiger partial charge < -0.3 is 10.2 Å². The van der Waals surface area contributed by atoms with Crippen molar-refractivity contribution in [1.29, 1.82) is 0 Å². The Morgan fingerprint density at radius 1 is 0.778 bits per heavy atom. The minimum absolute atomic E-state index is 0.0838. The van der Waals surface area contributed by atoms with Crippen LogP contribution in [0, 0.1) is 6.92 Å². The lowest BCUT2D eigenvalue weighted by Gasteiger charge is -2.36. The highest BCUT2D eigenvalue weighted by Gasteiger charge is 2.36. The zero-order valence-electron chi connectivity index (χ0n) is 26.7.